The quantitative estimate of drug-likeness (QED) is 0.416. The Morgan fingerprint density at radius 3 is 2.10 bits per heavy atom. The minimum atomic E-state index is 0.634. The van der Waals surface area contributed by atoms with Gasteiger partial charge >= 0.3 is 0 Å². The van der Waals surface area contributed by atoms with Gasteiger partial charge in [-0.1, -0.05) is 88.1 Å². The zero-order chi connectivity index (χ0) is 21.7. The Kier molecular flexibility index (Phi) is 7.53. The molecule has 0 saturated heterocycles. The van der Waals surface area contributed by atoms with Crippen LogP contribution in [0.15, 0.2) is 105 Å². The SMILES string of the molecule is CC1=CCC(C2C=CC(C)=C(C)C2)=C[CH]1.CC1=C[CH]/C(=C2\C=CC(C)=CC2)C(C)=C1. The van der Waals surface area contributed by atoms with Gasteiger partial charge in [-0.05, 0) is 77.5 Å². The lowest BCUT2D eigenvalue weighted by molar-refractivity contribution is 0.707. The molecule has 0 aliphatic heterocycles. The highest BCUT2D eigenvalue weighted by Crippen LogP contribution is 2.32. The second kappa shape index (κ2) is 10.1. The van der Waals surface area contributed by atoms with Gasteiger partial charge in [0.1, 0.15) is 0 Å². The summed E-state index contributed by atoms with van der Waals surface area (Å²) in [5.74, 6) is 0.634. The molecule has 0 N–H and O–H groups in total. The lowest BCUT2D eigenvalue weighted by Crippen LogP contribution is -2.08. The molecular formula is C30H36. The summed E-state index contributed by atoms with van der Waals surface area (Å²) in [6.07, 6.45) is 28.3. The van der Waals surface area contributed by atoms with Gasteiger partial charge in [-0.25, -0.2) is 0 Å². The molecule has 0 heteroatoms. The predicted molar refractivity (Wildman–Crippen MR) is 133 cm³/mol. The van der Waals surface area contributed by atoms with Gasteiger partial charge in [0, 0.05) is 18.8 Å². The molecule has 0 aromatic carbocycles. The molecule has 0 bridgehead atoms. The molecule has 30 heavy (non-hydrogen) atoms. The van der Waals surface area contributed by atoms with E-state index in [0.717, 1.165) is 12.8 Å². The van der Waals surface area contributed by atoms with Crippen LogP contribution in [-0.2, 0) is 0 Å². The van der Waals surface area contributed by atoms with E-state index < -0.39 is 0 Å². The fourth-order valence-corrected chi connectivity index (χ4v) is 4.16. The summed E-state index contributed by atoms with van der Waals surface area (Å²) in [4.78, 5) is 0. The summed E-state index contributed by atoms with van der Waals surface area (Å²) in [6, 6.07) is 0. The Morgan fingerprint density at radius 2 is 1.50 bits per heavy atom. The van der Waals surface area contributed by atoms with Crippen LogP contribution in [0.4, 0.5) is 0 Å². The lowest BCUT2D eigenvalue weighted by Gasteiger charge is -2.23. The first kappa shape index (κ1) is 22.3. The van der Waals surface area contributed by atoms with Crippen LogP contribution < -0.4 is 0 Å². The number of rotatable bonds is 1. The highest BCUT2D eigenvalue weighted by atomic mass is 14.2. The molecule has 0 aromatic heterocycles. The summed E-state index contributed by atoms with van der Waals surface area (Å²) in [6.45, 7) is 13.1. The van der Waals surface area contributed by atoms with Crippen LogP contribution in [0.25, 0.3) is 0 Å². The number of allylic oxidation sites excluding steroid dienone is 18. The van der Waals surface area contributed by atoms with Gasteiger partial charge < -0.3 is 0 Å². The Labute approximate surface area is 184 Å². The van der Waals surface area contributed by atoms with E-state index in [1.54, 1.807) is 5.57 Å². The lowest BCUT2D eigenvalue weighted by atomic mass is 9.82. The second-order valence-electron chi connectivity index (χ2n) is 9.02. The molecule has 156 valence electrons. The molecule has 0 aromatic rings. The zero-order valence-electron chi connectivity index (χ0n) is 19.5. The van der Waals surface area contributed by atoms with Crippen LogP contribution in [0.3, 0.4) is 0 Å². The maximum Gasteiger partial charge on any atom is 0.0133 e. The molecule has 1 unspecified atom stereocenters. The molecule has 4 rings (SSSR count). The van der Waals surface area contributed by atoms with Crippen molar-refractivity contribution in [3.8, 4) is 0 Å². The van der Waals surface area contributed by atoms with E-state index in [-0.39, 0.29) is 0 Å². The first-order valence-corrected chi connectivity index (χ1v) is 11.2. The number of hydrogen-bond donors (Lipinski definition) is 0. The van der Waals surface area contributed by atoms with Crippen LogP contribution in [-0.4, -0.2) is 0 Å². The van der Waals surface area contributed by atoms with Gasteiger partial charge in [0.15, 0.2) is 0 Å². The number of hydrogen-bond acceptors (Lipinski definition) is 0. The van der Waals surface area contributed by atoms with Crippen LogP contribution in [0.5, 0.6) is 0 Å². The maximum absolute atomic E-state index is 2.36. The van der Waals surface area contributed by atoms with Crippen molar-refractivity contribution < 1.29 is 0 Å². The molecule has 0 amide bonds. The van der Waals surface area contributed by atoms with Crippen LogP contribution in [0, 0.1) is 18.8 Å². The molecule has 0 spiro atoms. The average Bonchev–Trinajstić information content (AvgIpc) is 2.72. The first-order valence-electron chi connectivity index (χ1n) is 11.2. The summed E-state index contributed by atoms with van der Waals surface area (Å²) in [5.41, 5.74) is 12.8. The first-order chi connectivity index (χ1) is 14.3. The third-order valence-corrected chi connectivity index (χ3v) is 6.39. The summed E-state index contributed by atoms with van der Waals surface area (Å²) >= 11 is 0. The molecule has 4 aliphatic carbocycles. The van der Waals surface area contributed by atoms with Gasteiger partial charge in [0.25, 0.3) is 0 Å². The van der Waals surface area contributed by atoms with Crippen molar-refractivity contribution in [3.05, 3.63) is 118 Å². The van der Waals surface area contributed by atoms with Crippen LogP contribution in [0.1, 0.15) is 60.8 Å². The smallest absolute Gasteiger partial charge is 0.0133 e. The van der Waals surface area contributed by atoms with Gasteiger partial charge in [-0.3, -0.25) is 0 Å². The molecule has 1 atom stereocenters. The summed E-state index contributed by atoms with van der Waals surface area (Å²) in [7, 11) is 0. The van der Waals surface area contributed by atoms with E-state index in [4.69, 9.17) is 0 Å². The van der Waals surface area contributed by atoms with Crippen molar-refractivity contribution in [3.63, 3.8) is 0 Å². The van der Waals surface area contributed by atoms with Gasteiger partial charge in [-0.15, -0.1) is 0 Å². The average molecular weight is 397 g/mol. The molecule has 0 heterocycles. The predicted octanol–water partition coefficient (Wildman–Crippen LogP) is 8.68. The highest BCUT2D eigenvalue weighted by molar-refractivity contribution is 5.55. The Hall–Kier alpha value is -2.34. The molecular weight excluding hydrogens is 360 g/mol. The summed E-state index contributed by atoms with van der Waals surface area (Å²) in [5, 5.41) is 0. The van der Waals surface area contributed by atoms with Gasteiger partial charge in [-0.2, -0.15) is 0 Å². The molecule has 0 saturated carbocycles. The van der Waals surface area contributed by atoms with E-state index >= 15 is 0 Å². The Balaban J connectivity index is 0.000000171. The van der Waals surface area contributed by atoms with E-state index in [0.29, 0.717) is 5.92 Å². The normalized spacial score (nSPS) is 26.2. The summed E-state index contributed by atoms with van der Waals surface area (Å²) < 4.78 is 0. The third kappa shape index (κ3) is 5.85. The molecule has 4 aliphatic rings. The van der Waals surface area contributed by atoms with Crippen LogP contribution >= 0.6 is 0 Å². The Bertz CT molecular complexity index is 958. The van der Waals surface area contributed by atoms with Crippen LogP contribution in [0.2, 0.25) is 0 Å². The van der Waals surface area contributed by atoms with Gasteiger partial charge in [0.2, 0.25) is 0 Å². The van der Waals surface area contributed by atoms with Crippen molar-refractivity contribution >= 4 is 0 Å². The minimum Gasteiger partial charge on any atom is -0.0809 e. The topological polar surface area (TPSA) is 0 Å². The largest absolute Gasteiger partial charge is 0.0809 e. The second-order valence-corrected chi connectivity index (χ2v) is 9.02. The van der Waals surface area contributed by atoms with E-state index in [1.165, 1.54) is 51.0 Å². The van der Waals surface area contributed by atoms with E-state index in [9.17, 15) is 0 Å². The van der Waals surface area contributed by atoms with Crippen molar-refractivity contribution in [1.82, 2.24) is 0 Å². The van der Waals surface area contributed by atoms with Gasteiger partial charge in [0.05, 0.1) is 0 Å². The molecule has 0 fully saturated rings. The van der Waals surface area contributed by atoms with Crippen molar-refractivity contribution in [1.29, 1.82) is 0 Å². The van der Waals surface area contributed by atoms with E-state index in [1.807, 2.05) is 0 Å². The minimum absolute atomic E-state index is 0.634. The van der Waals surface area contributed by atoms with E-state index in [2.05, 4.69) is 109 Å². The molecule has 0 nitrogen and oxygen atoms in total. The fraction of sp³-hybridized carbons (Fsp3) is 0.333. The monoisotopic (exact) mass is 396 g/mol. The highest BCUT2D eigenvalue weighted by Gasteiger charge is 2.16. The van der Waals surface area contributed by atoms with Crippen molar-refractivity contribution in [2.45, 2.75) is 60.8 Å². The Morgan fingerprint density at radius 1 is 0.733 bits per heavy atom. The van der Waals surface area contributed by atoms with Crippen molar-refractivity contribution in [2.24, 2.45) is 5.92 Å². The standard InChI is InChI=1S/C15H19.C15H17/c1-11-4-7-14(8-5-11)15-9-6-12(2)13(3)10-15;1-11-4-7-14(8-5-11)15-9-6-12(2)10-13(15)3/h4-7,9,15H,8,10H2,1-3H3;4-7,9-10H,8H2,1-3H3/b;15-14-. The molecule has 2 radical (unpaired) electrons. The van der Waals surface area contributed by atoms with Crippen molar-refractivity contribution in [2.75, 3.05) is 0 Å². The maximum atomic E-state index is 2.36. The zero-order valence-corrected chi connectivity index (χ0v) is 19.5. The fourth-order valence-electron chi connectivity index (χ4n) is 4.16. The third-order valence-electron chi connectivity index (χ3n) is 6.39.